The molecule has 1 atom stereocenters. The fraction of sp³-hybridized carbons (Fsp3) is 0.250. The normalized spacial score (nSPS) is 11.6. The molecule has 0 saturated heterocycles. The number of carbonyl (C=O) groups excluding carboxylic acids is 1. The summed E-state index contributed by atoms with van der Waals surface area (Å²) in [6.07, 6.45) is 0.596. The third-order valence-corrected chi connectivity index (χ3v) is 6.12. The second-order valence-corrected chi connectivity index (χ2v) is 8.40. The minimum atomic E-state index is -0.627. The summed E-state index contributed by atoms with van der Waals surface area (Å²) in [6, 6.07) is 18.3. The number of nitrogens with one attached hydrogen (secondary N) is 1. The summed E-state index contributed by atoms with van der Waals surface area (Å²) in [5.74, 6) is 2.00. The maximum absolute atomic E-state index is 13.0. The number of carbonyl (C=O) groups is 1. The van der Waals surface area contributed by atoms with E-state index < -0.39 is 6.04 Å². The van der Waals surface area contributed by atoms with Crippen LogP contribution in [0.25, 0.3) is 22.5 Å². The maximum Gasteiger partial charge on any atom is 0.203 e. The summed E-state index contributed by atoms with van der Waals surface area (Å²) in [7, 11) is 6.23. The van der Waals surface area contributed by atoms with Crippen LogP contribution in [0.15, 0.2) is 60.7 Å². The molecular formula is C28H30N4O5. The van der Waals surface area contributed by atoms with E-state index in [0.717, 1.165) is 16.7 Å². The lowest BCUT2D eigenvalue weighted by atomic mass is 9.96. The summed E-state index contributed by atoms with van der Waals surface area (Å²) in [5, 5.41) is 11.5. The topological polar surface area (TPSA) is 122 Å². The number of hydrogen-bond donors (Lipinski definition) is 2. The number of aromatic amines is 1. The van der Waals surface area contributed by atoms with Gasteiger partial charge in [-0.2, -0.15) is 15.4 Å². The minimum Gasteiger partial charge on any atom is -0.496 e. The van der Waals surface area contributed by atoms with Gasteiger partial charge in [0.25, 0.3) is 0 Å². The van der Waals surface area contributed by atoms with Gasteiger partial charge in [0.1, 0.15) is 17.1 Å². The zero-order chi connectivity index (χ0) is 26.4. The van der Waals surface area contributed by atoms with Crippen molar-refractivity contribution in [2.24, 2.45) is 5.73 Å². The molecule has 4 rings (SSSR count). The lowest BCUT2D eigenvalue weighted by Gasteiger charge is -2.15. The SMILES string of the molecule is COc1ccc(-c2n[nH]nc2-c2cc(OC)c(OC)c(OC)c2)cc1CC(=O)C(N)Cc1ccccc1. The summed E-state index contributed by atoms with van der Waals surface area (Å²) in [6.45, 7) is 0. The van der Waals surface area contributed by atoms with Gasteiger partial charge in [0.15, 0.2) is 17.3 Å². The molecule has 3 aromatic carbocycles. The Labute approximate surface area is 215 Å². The van der Waals surface area contributed by atoms with E-state index >= 15 is 0 Å². The molecular weight excluding hydrogens is 472 g/mol. The number of hydrogen-bond acceptors (Lipinski definition) is 8. The van der Waals surface area contributed by atoms with E-state index in [2.05, 4.69) is 15.4 Å². The maximum atomic E-state index is 13.0. The monoisotopic (exact) mass is 502 g/mol. The first-order valence-electron chi connectivity index (χ1n) is 11.7. The lowest BCUT2D eigenvalue weighted by molar-refractivity contribution is -0.119. The Hall–Kier alpha value is -4.37. The molecule has 0 aliphatic rings. The second kappa shape index (κ2) is 11.6. The zero-order valence-corrected chi connectivity index (χ0v) is 21.3. The number of nitrogens with two attached hydrogens (primary N) is 1. The zero-order valence-electron chi connectivity index (χ0n) is 21.3. The van der Waals surface area contributed by atoms with Gasteiger partial charge in [0.05, 0.1) is 34.5 Å². The molecule has 1 unspecified atom stereocenters. The Morgan fingerprint density at radius 2 is 1.43 bits per heavy atom. The molecule has 0 saturated carbocycles. The van der Waals surface area contributed by atoms with E-state index in [1.165, 1.54) is 0 Å². The van der Waals surface area contributed by atoms with Gasteiger partial charge in [-0.15, -0.1) is 0 Å². The number of rotatable bonds is 11. The smallest absolute Gasteiger partial charge is 0.203 e. The molecule has 0 radical (unpaired) electrons. The number of aromatic nitrogens is 3. The van der Waals surface area contributed by atoms with Gasteiger partial charge < -0.3 is 24.7 Å². The molecule has 0 aliphatic heterocycles. The van der Waals surface area contributed by atoms with Crippen LogP contribution < -0.4 is 24.7 Å². The van der Waals surface area contributed by atoms with Crippen LogP contribution in [-0.2, 0) is 17.6 Å². The molecule has 3 N–H and O–H groups in total. The Bertz CT molecular complexity index is 1350. The van der Waals surface area contributed by atoms with Gasteiger partial charge in [-0.1, -0.05) is 30.3 Å². The van der Waals surface area contributed by atoms with Crippen molar-refractivity contribution in [3.8, 4) is 45.5 Å². The largest absolute Gasteiger partial charge is 0.496 e. The molecule has 0 bridgehead atoms. The van der Waals surface area contributed by atoms with E-state index in [0.29, 0.717) is 46.4 Å². The van der Waals surface area contributed by atoms with Gasteiger partial charge in [-0.05, 0) is 42.3 Å². The van der Waals surface area contributed by atoms with Crippen molar-refractivity contribution in [3.63, 3.8) is 0 Å². The van der Waals surface area contributed by atoms with Crippen LogP contribution in [0.5, 0.6) is 23.0 Å². The second-order valence-electron chi connectivity index (χ2n) is 8.40. The van der Waals surface area contributed by atoms with Gasteiger partial charge >= 0.3 is 0 Å². The average Bonchev–Trinajstić information content (AvgIpc) is 3.42. The molecule has 9 heteroatoms. The van der Waals surface area contributed by atoms with Crippen molar-refractivity contribution in [1.82, 2.24) is 15.4 Å². The quantitative estimate of drug-likeness (QED) is 0.317. The highest BCUT2D eigenvalue weighted by atomic mass is 16.5. The van der Waals surface area contributed by atoms with Crippen molar-refractivity contribution in [1.29, 1.82) is 0 Å². The van der Waals surface area contributed by atoms with Crippen LogP contribution in [-0.4, -0.2) is 55.7 Å². The highest BCUT2D eigenvalue weighted by molar-refractivity contribution is 5.87. The van der Waals surface area contributed by atoms with Gasteiger partial charge in [-0.25, -0.2) is 0 Å². The summed E-state index contributed by atoms with van der Waals surface area (Å²) in [5.41, 5.74) is 10.6. The van der Waals surface area contributed by atoms with Crippen molar-refractivity contribution < 1.29 is 23.7 Å². The van der Waals surface area contributed by atoms with Crippen molar-refractivity contribution in [2.45, 2.75) is 18.9 Å². The van der Waals surface area contributed by atoms with Crippen molar-refractivity contribution >= 4 is 5.78 Å². The fourth-order valence-corrected chi connectivity index (χ4v) is 4.22. The highest BCUT2D eigenvalue weighted by Crippen LogP contribution is 2.42. The Morgan fingerprint density at radius 3 is 2.03 bits per heavy atom. The Morgan fingerprint density at radius 1 is 0.811 bits per heavy atom. The summed E-state index contributed by atoms with van der Waals surface area (Å²) >= 11 is 0. The van der Waals surface area contributed by atoms with Crippen LogP contribution in [0.1, 0.15) is 11.1 Å². The van der Waals surface area contributed by atoms with Gasteiger partial charge in [0, 0.05) is 23.1 Å². The van der Waals surface area contributed by atoms with Crippen LogP contribution in [0.4, 0.5) is 0 Å². The molecule has 0 aliphatic carbocycles. The first-order chi connectivity index (χ1) is 18.0. The van der Waals surface area contributed by atoms with E-state index in [-0.39, 0.29) is 12.2 Å². The molecule has 9 nitrogen and oxygen atoms in total. The lowest BCUT2D eigenvalue weighted by Crippen LogP contribution is -2.34. The third kappa shape index (κ3) is 5.57. The molecule has 37 heavy (non-hydrogen) atoms. The number of methoxy groups -OCH3 is 4. The molecule has 192 valence electrons. The number of Topliss-reactive ketones (excluding diaryl/α,β-unsaturated/α-hetero) is 1. The highest BCUT2D eigenvalue weighted by Gasteiger charge is 2.21. The predicted octanol–water partition coefficient (Wildman–Crippen LogP) is 3.85. The van der Waals surface area contributed by atoms with E-state index in [1.807, 2.05) is 48.5 Å². The van der Waals surface area contributed by atoms with Gasteiger partial charge in [0.2, 0.25) is 5.75 Å². The number of benzene rings is 3. The summed E-state index contributed by atoms with van der Waals surface area (Å²) < 4.78 is 21.9. The van der Waals surface area contributed by atoms with Crippen LogP contribution >= 0.6 is 0 Å². The molecule has 0 amide bonds. The molecule has 0 spiro atoms. The fourth-order valence-electron chi connectivity index (χ4n) is 4.22. The summed E-state index contributed by atoms with van der Waals surface area (Å²) in [4.78, 5) is 13.0. The van der Waals surface area contributed by atoms with Crippen LogP contribution in [0.2, 0.25) is 0 Å². The number of H-pyrrole nitrogens is 1. The van der Waals surface area contributed by atoms with Crippen LogP contribution in [0.3, 0.4) is 0 Å². The number of ketones is 1. The number of ether oxygens (including phenoxy) is 4. The molecule has 4 aromatic rings. The van der Waals surface area contributed by atoms with E-state index in [1.54, 1.807) is 40.6 Å². The first kappa shape index (κ1) is 25.7. The average molecular weight is 503 g/mol. The van der Waals surface area contributed by atoms with Crippen molar-refractivity contribution in [2.75, 3.05) is 28.4 Å². The molecule has 1 heterocycles. The Balaban J connectivity index is 1.66. The molecule has 0 fully saturated rings. The van der Waals surface area contributed by atoms with Gasteiger partial charge in [-0.3, -0.25) is 4.79 Å². The minimum absolute atomic E-state index is 0.0793. The van der Waals surface area contributed by atoms with Crippen LogP contribution in [0, 0.1) is 0 Å². The third-order valence-electron chi connectivity index (χ3n) is 6.12. The van der Waals surface area contributed by atoms with E-state index in [9.17, 15) is 4.79 Å². The Kier molecular flexibility index (Phi) is 8.05. The van der Waals surface area contributed by atoms with E-state index in [4.69, 9.17) is 24.7 Å². The number of nitrogens with zero attached hydrogens (tertiary/aromatic N) is 2. The van der Waals surface area contributed by atoms with Crippen molar-refractivity contribution in [3.05, 3.63) is 71.8 Å². The standard InChI is InChI=1S/C28H30N4O5/c1-34-23-11-10-18(13-19(23)14-22(33)21(29)12-17-8-6-5-7-9-17)26-27(31-32-30-26)20-15-24(35-2)28(37-4)25(16-20)36-3/h5-11,13,15-16,21H,12,14,29H2,1-4H3,(H,30,31,32). The predicted molar refractivity (Wildman–Crippen MR) is 140 cm³/mol. The molecule has 1 aromatic heterocycles. The first-order valence-corrected chi connectivity index (χ1v) is 11.7.